The molecule has 4 aromatic heterocycles. The van der Waals surface area contributed by atoms with Crippen LogP contribution in [0.4, 0.5) is 0 Å². The van der Waals surface area contributed by atoms with Crippen LogP contribution < -0.4 is 18.3 Å². The molecule has 4 nitrogen and oxygen atoms in total. The number of hydrogen-bond acceptors (Lipinski definition) is 0. The van der Waals surface area contributed by atoms with Crippen molar-refractivity contribution in [1.82, 2.24) is 0 Å². The molecular weight excluding hydrogens is 1140 g/mol. The largest absolute Gasteiger partial charge is 0.212 e. The molecule has 4 aliphatic carbocycles. The summed E-state index contributed by atoms with van der Waals surface area (Å²) in [7, 11) is 8.18. The number of aromatic nitrogens is 4. The number of aryl methyl sites for hydroxylation is 14. The van der Waals surface area contributed by atoms with E-state index in [4.69, 9.17) is 8.22 Å². The van der Waals surface area contributed by atoms with Crippen molar-refractivity contribution in [1.29, 1.82) is 0 Å². The fourth-order valence-corrected chi connectivity index (χ4v) is 16.1. The molecule has 0 fully saturated rings. The first-order valence-corrected chi connectivity index (χ1v) is 35.3. The molecule has 0 amide bonds. The van der Waals surface area contributed by atoms with Crippen LogP contribution in [0.5, 0.6) is 0 Å². The summed E-state index contributed by atoms with van der Waals surface area (Å²) in [5, 5.41) is 0. The molecule has 0 radical (unpaired) electrons. The average Bonchev–Trinajstić information content (AvgIpc) is 0.762. The molecule has 4 aromatic carbocycles. The van der Waals surface area contributed by atoms with Crippen molar-refractivity contribution in [2.75, 3.05) is 0 Å². The summed E-state index contributed by atoms with van der Waals surface area (Å²) < 4.78 is 54.6. The smallest absolute Gasteiger partial charge is 0.201 e. The maximum atomic E-state index is 7.77. The monoisotopic (exact) mass is 1270 g/mol. The van der Waals surface area contributed by atoms with Gasteiger partial charge in [0.15, 0.2) is 24.8 Å². The topological polar surface area (TPSA) is 15.5 Å². The van der Waals surface area contributed by atoms with Gasteiger partial charge in [0, 0.05) is 77.0 Å². The molecule has 0 bridgehead atoms. The lowest BCUT2D eigenvalue weighted by Gasteiger charge is -2.42. The molecule has 4 heteroatoms. The van der Waals surface area contributed by atoms with E-state index in [1.54, 1.807) is 29.6 Å². The quantitative estimate of drug-likeness (QED) is 0.156. The van der Waals surface area contributed by atoms with Crippen LogP contribution in [0.15, 0.2) is 110 Å². The van der Waals surface area contributed by atoms with E-state index in [0.29, 0.717) is 11.1 Å². The summed E-state index contributed by atoms with van der Waals surface area (Å²) in [6, 6.07) is 31.8. The summed E-state index contributed by atoms with van der Waals surface area (Å²) in [6.45, 7) is 51.0. The number of rotatable bonds is 4. The van der Waals surface area contributed by atoms with Crippen molar-refractivity contribution >= 4 is 0 Å². The van der Waals surface area contributed by atoms with E-state index in [-0.39, 0.29) is 43.3 Å². The lowest BCUT2D eigenvalue weighted by Crippen LogP contribution is -2.35. The van der Waals surface area contributed by atoms with E-state index in [9.17, 15) is 0 Å². The van der Waals surface area contributed by atoms with E-state index in [1.807, 2.05) is 42.3 Å². The molecule has 0 aliphatic heterocycles. The van der Waals surface area contributed by atoms with Gasteiger partial charge < -0.3 is 0 Å². The highest BCUT2D eigenvalue weighted by Gasteiger charge is 2.42. The van der Waals surface area contributed by atoms with Crippen molar-refractivity contribution in [3.05, 3.63) is 210 Å². The van der Waals surface area contributed by atoms with E-state index >= 15 is 0 Å². The molecule has 0 N–H and O–H groups in total. The van der Waals surface area contributed by atoms with Crippen LogP contribution >= 0.6 is 0 Å². The maximum Gasteiger partial charge on any atom is 0.212 e. The molecule has 12 rings (SSSR count). The molecule has 0 atom stereocenters. The molecule has 0 unspecified atom stereocenters. The molecule has 94 heavy (non-hydrogen) atoms. The molecule has 500 valence electrons. The number of hydrogen-bond donors (Lipinski definition) is 0. The van der Waals surface area contributed by atoms with Crippen molar-refractivity contribution in [2.24, 2.45) is 28.2 Å². The fraction of sp³-hybridized carbons (Fsp3) is 0.511. The normalized spacial score (nSPS) is 19.7. The number of pyridine rings is 4. The Morgan fingerprint density at radius 2 is 0.479 bits per heavy atom. The molecule has 0 spiro atoms. The second-order valence-electron chi connectivity index (χ2n) is 35.0. The molecule has 8 aromatic rings. The highest BCUT2D eigenvalue weighted by molar-refractivity contribution is 5.69. The van der Waals surface area contributed by atoms with Gasteiger partial charge in [0.05, 0.1) is 0 Å². The Kier molecular flexibility index (Phi) is 17.2. The third-order valence-electron chi connectivity index (χ3n) is 23.5. The second-order valence-corrected chi connectivity index (χ2v) is 35.0. The van der Waals surface area contributed by atoms with Gasteiger partial charge >= 0.3 is 0 Å². The third kappa shape index (κ3) is 14.2. The zero-order valence-electron chi connectivity index (χ0n) is 69.8. The Morgan fingerprint density at radius 1 is 0.245 bits per heavy atom. The molecule has 0 saturated carbocycles. The minimum atomic E-state index is -2.09. The van der Waals surface area contributed by atoms with Crippen LogP contribution in [0.3, 0.4) is 0 Å². The van der Waals surface area contributed by atoms with Gasteiger partial charge in [0.1, 0.15) is 28.2 Å². The van der Waals surface area contributed by atoms with E-state index in [1.165, 1.54) is 157 Å². The van der Waals surface area contributed by atoms with Gasteiger partial charge in [-0.15, -0.1) is 0 Å². The predicted molar refractivity (Wildman–Crippen MR) is 401 cm³/mol. The van der Waals surface area contributed by atoms with E-state index in [2.05, 4.69) is 262 Å². The van der Waals surface area contributed by atoms with Gasteiger partial charge in [-0.2, -0.15) is 0 Å². The van der Waals surface area contributed by atoms with Gasteiger partial charge in [-0.1, -0.05) is 135 Å². The van der Waals surface area contributed by atoms with E-state index < -0.39 is 13.7 Å². The third-order valence-corrected chi connectivity index (χ3v) is 23.5. The van der Waals surface area contributed by atoms with Crippen molar-refractivity contribution < 1.29 is 26.5 Å². The van der Waals surface area contributed by atoms with Crippen LogP contribution in [0, 0.1) is 69.1 Å². The summed E-state index contributed by atoms with van der Waals surface area (Å²) in [4.78, 5) is 0. The van der Waals surface area contributed by atoms with Gasteiger partial charge in [0.25, 0.3) is 0 Å². The minimum Gasteiger partial charge on any atom is -0.201 e. The molecular formula is C90H124N4+4. The van der Waals surface area contributed by atoms with E-state index in [0.717, 1.165) is 17.0 Å². The highest BCUT2D eigenvalue weighted by Crippen LogP contribution is 2.52. The Balaban J connectivity index is 0.000000156. The first-order valence-electron chi connectivity index (χ1n) is 38.3. The van der Waals surface area contributed by atoms with Gasteiger partial charge in [-0.05, 0) is 278 Å². The fourth-order valence-electron chi connectivity index (χ4n) is 16.1. The van der Waals surface area contributed by atoms with Crippen LogP contribution in [0.25, 0.3) is 45.0 Å². The molecule has 4 aliphatic rings. The Hall–Kier alpha value is -6.52. The number of nitrogens with zero attached hydrogens (tertiary/aromatic N) is 4. The standard InChI is InChI=1S/2C23H32N.2C22H30N/c2*1-15-12-21(24(8)14-17(15)3)18-13-20-19(11-16(18)2)22(4,5)9-10-23(20,6)7;2*1-15-8-9-20(23(7)14-15)17-13-19-18(12-16(17)2)21(3,4)10-11-22(19,5)6/h2*11-14H,9-10H2,1-8H3;2*8-9,12-14H,10-11H2,1-7H3/q4*+1/i3D3;;1D3;. The molecule has 4 heterocycles. The zero-order valence-corrected chi connectivity index (χ0v) is 63.8. The van der Waals surface area contributed by atoms with Crippen molar-refractivity contribution in [2.45, 2.75) is 275 Å². The summed E-state index contributed by atoms with van der Waals surface area (Å²) in [6.07, 6.45) is 17.8. The van der Waals surface area contributed by atoms with Crippen LogP contribution in [0.2, 0.25) is 0 Å². The minimum absolute atomic E-state index is 0.152. The summed E-state index contributed by atoms with van der Waals surface area (Å²) in [5.74, 6) is 0. The van der Waals surface area contributed by atoms with Gasteiger partial charge in [-0.3, -0.25) is 0 Å². The number of benzene rings is 4. The van der Waals surface area contributed by atoms with Crippen molar-refractivity contribution in [3.8, 4) is 45.0 Å². The maximum absolute atomic E-state index is 7.77. The molecule has 0 saturated heterocycles. The SMILES string of the molecule is Cc1cc(-c2cc3c(cc2C)C(C)(C)CCC3(C)C)[n+](C)cc1C.Cc1ccc(-c2cc3c(cc2C)C(C)(C)CCC3(C)C)[n+](C)c1.[2H]C([2H])([2H])c1c[n+](C)c(-c2cc3c(cc2C)C(C)(C)CCC3(C)C)cc1C.[2H]C([2H])([2H])c1ccc(-c2cc3c(cc2C)C(C)(C)CCC3(C)C)[n+](C)c1. The number of fused-ring (bicyclic) bond motifs is 4. The Morgan fingerprint density at radius 3 is 0.755 bits per heavy atom. The van der Waals surface area contributed by atoms with Crippen LogP contribution in [-0.4, -0.2) is 0 Å². The average molecular weight is 1270 g/mol. The second kappa shape index (κ2) is 25.5. The lowest BCUT2D eigenvalue weighted by molar-refractivity contribution is -0.660. The van der Waals surface area contributed by atoms with Crippen LogP contribution in [-0.2, 0) is 71.5 Å². The van der Waals surface area contributed by atoms with Crippen molar-refractivity contribution in [3.63, 3.8) is 0 Å². The summed E-state index contributed by atoms with van der Waals surface area (Å²) >= 11 is 0. The Labute approximate surface area is 581 Å². The summed E-state index contributed by atoms with van der Waals surface area (Å²) in [5.41, 5.74) is 34.5. The first kappa shape index (κ1) is 63.5. The van der Waals surface area contributed by atoms with Crippen LogP contribution in [0.1, 0.15) is 271 Å². The first-order chi connectivity index (χ1) is 45.7. The predicted octanol–water partition coefficient (Wildman–Crippen LogP) is 21.2. The zero-order chi connectivity index (χ0) is 74.7. The Bertz CT molecular complexity index is 4480. The van der Waals surface area contributed by atoms with Gasteiger partial charge in [0.2, 0.25) is 22.8 Å². The van der Waals surface area contributed by atoms with Gasteiger partial charge in [-0.25, -0.2) is 18.3 Å². The lowest BCUT2D eigenvalue weighted by atomic mass is 9.62. The highest BCUT2D eigenvalue weighted by atomic mass is 14.9.